The van der Waals surface area contributed by atoms with Gasteiger partial charge in [-0.15, -0.1) is 0 Å². The molecule has 0 aliphatic carbocycles. The summed E-state index contributed by atoms with van der Waals surface area (Å²) in [7, 11) is 0. The Balaban J connectivity index is 1.80. The van der Waals surface area contributed by atoms with Crippen LogP contribution < -0.4 is 16.0 Å². The fourth-order valence-electron chi connectivity index (χ4n) is 1.70. The van der Waals surface area contributed by atoms with Crippen LogP contribution in [0.3, 0.4) is 0 Å². The van der Waals surface area contributed by atoms with Gasteiger partial charge in [0.25, 0.3) is 0 Å². The molecule has 7 heteroatoms. The van der Waals surface area contributed by atoms with Gasteiger partial charge in [-0.1, -0.05) is 0 Å². The number of carbonyl (C=O) groups is 2. The lowest BCUT2D eigenvalue weighted by atomic mass is 10.2. The molecule has 1 heterocycles. The topological polar surface area (TPSA) is 83.1 Å². The van der Waals surface area contributed by atoms with Crippen LogP contribution in [0.2, 0.25) is 0 Å². The molecule has 2 rings (SSSR count). The lowest BCUT2D eigenvalue weighted by Gasteiger charge is -2.09. The molecule has 1 aromatic heterocycles. The molecule has 0 aliphatic heterocycles. The van der Waals surface area contributed by atoms with Crippen molar-refractivity contribution in [1.29, 1.82) is 0 Å². The minimum absolute atomic E-state index is 0.194. The first-order chi connectivity index (χ1) is 10.5. The zero-order valence-electron chi connectivity index (χ0n) is 11.9. The summed E-state index contributed by atoms with van der Waals surface area (Å²) in [6.45, 7) is 1.40. The molecular weight excluding hydrogens is 287 g/mol. The number of hydrogen-bond donors (Lipinski definition) is 3. The van der Waals surface area contributed by atoms with Crippen molar-refractivity contribution in [3.63, 3.8) is 0 Å². The number of aryl methyl sites for hydroxylation is 1. The summed E-state index contributed by atoms with van der Waals surface area (Å²) in [4.78, 5) is 27.2. The van der Waals surface area contributed by atoms with E-state index in [1.165, 1.54) is 24.4 Å². The number of hydrogen-bond acceptors (Lipinski definition) is 3. The van der Waals surface area contributed by atoms with Gasteiger partial charge in [0, 0.05) is 11.9 Å². The number of anilines is 2. The van der Waals surface area contributed by atoms with E-state index >= 15 is 0 Å². The summed E-state index contributed by atoms with van der Waals surface area (Å²) in [6, 6.07) is 7.04. The number of urea groups is 1. The van der Waals surface area contributed by atoms with Gasteiger partial charge in [0.1, 0.15) is 5.82 Å². The second kappa shape index (κ2) is 7.16. The average Bonchev–Trinajstić information content (AvgIpc) is 2.50. The van der Waals surface area contributed by atoms with Crippen molar-refractivity contribution in [1.82, 2.24) is 10.3 Å². The van der Waals surface area contributed by atoms with E-state index in [0.29, 0.717) is 16.9 Å². The summed E-state index contributed by atoms with van der Waals surface area (Å²) in [5.74, 6) is -0.722. The first kappa shape index (κ1) is 15.4. The van der Waals surface area contributed by atoms with E-state index in [9.17, 15) is 14.0 Å². The van der Waals surface area contributed by atoms with Crippen molar-refractivity contribution in [3.8, 4) is 0 Å². The number of pyridine rings is 1. The van der Waals surface area contributed by atoms with Gasteiger partial charge < -0.3 is 16.0 Å². The Morgan fingerprint density at radius 1 is 1.18 bits per heavy atom. The Kier molecular flexibility index (Phi) is 5.02. The fraction of sp³-hybridized carbons (Fsp3) is 0.133. The molecule has 0 saturated carbocycles. The number of nitrogens with zero attached hydrogens (tertiary/aromatic N) is 1. The SMILES string of the molecule is Cc1cc(NC(=O)NCC(=O)Nc2cccnc2)ccc1F. The van der Waals surface area contributed by atoms with E-state index in [1.807, 2.05) is 0 Å². The number of halogens is 1. The molecule has 0 atom stereocenters. The van der Waals surface area contributed by atoms with Crippen LogP contribution in [-0.2, 0) is 4.79 Å². The third-order valence-electron chi connectivity index (χ3n) is 2.77. The minimum Gasteiger partial charge on any atom is -0.329 e. The number of rotatable bonds is 4. The molecule has 22 heavy (non-hydrogen) atoms. The summed E-state index contributed by atoms with van der Waals surface area (Å²) in [6.07, 6.45) is 3.09. The van der Waals surface area contributed by atoms with Gasteiger partial charge in [0.2, 0.25) is 5.91 Å². The Morgan fingerprint density at radius 3 is 2.68 bits per heavy atom. The highest BCUT2D eigenvalue weighted by atomic mass is 19.1. The van der Waals surface area contributed by atoms with E-state index in [4.69, 9.17) is 0 Å². The molecule has 3 amide bonds. The van der Waals surface area contributed by atoms with Crippen molar-refractivity contribution in [2.24, 2.45) is 0 Å². The Bertz CT molecular complexity index is 676. The number of aromatic nitrogens is 1. The van der Waals surface area contributed by atoms with Crippen LogP contribution in [-0.4, -0.2) is 23.5 Å². The van der Waals surface area contributed by atoms with E-state index in [1.54, 1.807) is 25.3 Å². The molecule has 1 aromatic carbocycles. The Hall–Kier alpha value is -2.96. The van der Waals surface area contributed by atoms with Crippen LogP contribution in [0, 0.1) is 12.7 Å². The molecule has 0 bridgehead atoms. The highest BCUT2D eigenvalue weighted by Crippen LogP contribution is 2.13. The maximum absolute atomic E-state index is 13.1. The zero-order valence-corrected chi connectivity index (χ0v) is 11.9. The van der Waals surface area contributed by atoms with Crippen molar-refractivity contribution in [3.05, 3.63) is 54.1 Å². The predicted molar refractivity (Wildman–Crippen MR) is 81.0 cm³/mol. The Labute approximate surface area is 126 Å². The summed E-state index contributed by atoms with van der Waals surface area (Å²) in [5, 5.41) is 7.51. The largest absolute Gasteiger partial charge is 0.329 e. The van der Waals surface area contributed by atoms with Crippen molar-refractivity contribution >= 4 is 23.3 Å². The molecule has 114 valence electrons. The average molecular weight is 302 g/mol. The Morgan fingerprint density at radius 2 is 2.00 bits per heavy atom. The lowest BCUT2D eigenvalue weighted by molar-refractivity contribution is -0.115. The number of nitrogens with one attached hydrogen (secondary N) is 3. The van der Waals surface area contributed by atoms with Crippen molar-refractivity contribution in [2.45, 2.75) is 6.92 Å². The van der Waals surface area contributed by atoms with Gasteiger partial charge in [0.15, 0.2) is 0 Å². The summed E-state index contributed by atoms with van der Waals surface area (Å²) in [5.41, 5.74) is 1.42. The minimum atomic E-state index is -0.549. The molecule has 0 aliphatic rings. The van der Waals surface area contributed by atoms with Gasteiger partial charge in [-0.05, 0) is 42.8 Å². The van der Waals surface area contributed by atoms with Crippen LogP contribution in [0.5, 0.6) is 0 Å². The van der Waals surface area contributed by atoms with E-state index in [-0.39, 0.29) is 18.3 Å². The van der Waals surface area contributed by atoms with Gasteiger partial charge >= 0.3 is 6.03 Å². The van der Waals surface area contributed by atoms with Gasteiger partial charge in [-0.25, -0.2) is 9.18 Å². The quantitative estimate of drug-likeness (QED) is 0.810. The normalized spacial score (nSPS) is 9.91. The van der Waals surface area contributed by atoms with Crippen molar-refractivity contribution in [2.75, 3.05) is 17.2 Å². The highest BCUT2D eigenvalue weighted by Gasteiger charge is 2.07. The van der Waals surface area contributed by atoms with Gasteiger partial charge in [-0.2, -0.15) is 0 Å². The number of carbonyl (C=O) groups excluding carboxylic acids is 2. The number of benzene rings is 1. The molecule has 0 fully saturated rings. The van der Waals surface area contributed by atoms with E-state index in [2.05, 4.69) is 20.9 Å². The maximum Gasteiger partial charge on any atom is 0.319 e. The summed E-state index contributed by atoms with van der Waals surface area (Å²) >= 11 is 0. The monoisotopic (exact) mass is 302 g/mol. The third kappa shape index (κ3) is 4.55. The zero-order chi connectivity index (χ0) is 15.9. The van der Waals surface area contributed by atoms with Gasteiger partial charge in [0.05, 0.1) is 18.4 Å². The first-order valence-corrected chi connectivity index (χ1v) is 6.55. The smallest absolute Gasteiger partial charge is 0.319 e. The molecule has 2 aromatic rings. The van der Waals surface area contributed by atoms with Crippen molar-refractivity contribution < 1.29 is 14.0 Å². The number of amides is 3. The molecule has 3 N–H and O–H groups in total. The van der Waals surface area contributed by atoms with Crippen LogP contribution in [0.25, 0.3) is 0 Å². The molecule has 0 radical (unpaired) electrons. The van der Waals surface area contributed by atoms with E-state index < -0.39 is 6.03 Å². The van der Waals surface area contributed by atoms with E-state index in [0.717, 1.165) is 0 Å². The predicted octanol–water partition coefficient (Wildman–Crippen LogP) is 2.29. The molecule has 0 saturated heterocycles. The summed E-state index contributed by atoms with van der Waals surface area (Å²) < 4.78 is 13.1. The molecule has 0 unspecified atom stereocenters. The fourth-order valence-corrected chi connectivity index (χ4v) is 1.70. The second-order valence-corrected chi connectivity index (χ2v) is 4.56. The lowest BCUT2D eigenvalue weighted by Crippen LogP contribution is -2.35. The standard InChI is InChI=1S/C15H15FN4O2/c1-10-7-11(4-5-13(10)16)20-15(22)18-9-14(21)19-12-3-2-6-17-8-12/h2-8H,9H2,1H3,(H,19,21)(H2,18,20,22). The highest BCUT2D eigenvalue weighted by molar-refractivity contribution is 5.96. The molecule has 0 spiro atoms. The van der Waals surface area contributed by atoms with Crippen LogP contribution >= 0.6 is 0 Å². The first-order valence-electron chi connectivity index (χ1n) is 6.55. The molecular formula is C15H15FN4O2. The van der Waals surface area contributed by atoms with Crippen LogP contribution in [0.1, 0.15) is 5.56 Å². The third-order valence-corrected chi connectivity index (χ3v) is 2.77. The second-order valence-electron chi connectivity index (χ2n) is 4.56. The maximum atomic E-state index is 13.1. The molecule has 6 nitrogen and oxygen atoms in total. The van der Waals surface area contributed by atoms with Gasteiger partial charge in [-0.3, -0.25) is 9.78 Å². The van der Waals surface area contributed by atoms with Crippen LogP contribution in [0.15, 0.2) is 42.7 Å². The van der Waals surface area contributed by atoms with Crippen LogP contribution in [0.4, 0.5) is 20.6 Å².